The van der Waals surface area contributed by atoms with Crippen molar-refractivity contribution >= 4 is 46.5 Å². The van der Waals surface area contributed by atoms with Gasteiger partial charge in [-0.15, -0.1) is 0 Å². The number of nitriles is 1. The van der Waals surface area contributed by atoms with Crippen molar-refractivity contribution in [2.75, 3.05) is 13.7 Å². The highest BCUT2D eigenvalue weighted by molar-refractivity contribution is 6.35. The number of ether oxygens (including phenoxy) is 3. The van der Waals surface area contributed by atoms with Gasteiger partial charge in [-0.1, -0.05) is 40.9 Å². The summed E-state index contributed by atoms with van der Waals surface area (Å²) < 4.78 is 16.9. The fraction of sp³-hybridized carbons (Fsp3) is 0.160. The van der Waals surface area contributed by atoms with Gasteiger partial charge in [0.2, 0.25) is 0 Å². The van der Waals surface area contributed by atoms with E-state index in [-0.39, 0.29) is 6.61 Å². The first-order chi connectivity index (χ1) is 15.4. The van der Waals surface area contributed by atoms with Crippen LogP contribution >= 0.6 is 34.8 Å². The lowest BCUT2D eigenvalue weighted by Crippen LogP contribution is -2.01. The van der Waals surface area contributed by atoms with Gasteiger partial charge in [-0.05, 0) is 72.7 Å². The Kier molecular flexibility index (Phi) is 8.30. The molecule has 3 aromatic carbocycles. The normalized spacial score (nSPS) is 11.1. The van der Waals surface area contributed by atoms with Crippen molar-refractivity contribution in [2.45, 2.75) is 13.5 Å². The summed E-state index contributed by atoms with van der Waals surface area (Å²) in [5.41, 5.74) is 2.72. The second-order valence-corrected chi connectivity index (χ2v) is 7.94. The minimum absolute atomic E-state index is 0.195. The molecule has 0 spiro atoms. The van der Waals surface area contributed by atoms with Gasteiger partial charge in [0.15, 0.2) is 11.5 Å². The summed E-state index contributed by atoms with van der Waals surface area (Å²) >= 11 is 18.7. The second kappa shape index (κ2) is 11.2. The number of hydrogen-bond donors (Lipinski definition) is 0. The zero-order valence-electron chi connectivity index (χ0n) is 17.5. The zero-order valence-corrected chi connectivity index (χ0v) is 19.8. The van der Waals surface area contributed by atoms with Crippen LogP contribution in [0.2, 0.25) is 15.1 Å². The third kappa shape index (κ3) is 5.89. The number of halogens is 3. The Bertz CT molecular complexity index is 1170. The third-order valence-electron chi connectivity index (χ3n) is 4.55. The van der Waals surface area contributed by atoms with E-state index in [1.807, 2.05) is 19.1 Å². The maximum atomic E-state index is 9.66. The van der Waals surface area contributed by atoms with Gasteiger partial charge in [-0.25, -0.2) is 0 Å². The Morgan fingerprint density at radius 1 is 0.969 bits per heavy atom. The molecule has 164 valence electrons. The molecular formula is C25H20Cl3NO3. The molecule has 0 saturated carbocycles. The van der Waals surface area contributed by atoms with Gasteiger partial charge in [0.1, 0.15) is 12.4 Å². The number of rotatable bonds is 8. The van der Waals surface area contributed by atoms with E-state index in [2.05, 4.69) is 6.07 Å². The lowest BCUT2D eigenvalue weighted by atomic mass is 10.0. The molecule has 0 aliphatic carbocycles. The molecule has 0 saturated heterocycles. The average molecular weight is 489 g/mol. The summed E-state index contributed by atoms with van der Waals surface area (Å²) in [5, 5.41) is 11.1. The molecule has 0 aliphatic rings. The molecular weight excluding hydrogens is 469 g/mol. The van der Waals surface area contributed by atoms with Gasteiger partial charge in [0, 0.05) is 15.6 Å². The monoisotopic (exact) mass is 487 g/mol. The number of hydrogen-bond acceptors (Lipinski definition) is 4. The molecule has 0 unspecified atom stereocenters. The summed E-state index contributed by atoms with van der Waals surface area (Å²) in [6, 6.07) is 18.2. The maximum Gasteiger partial charge on any atom is 0.180 e. The van der Waals surface area contributed by atoms with Gasteiger partial charge in [0.05, 0.1) is 30.4 Å². The maximum absolute atomic E-state index is 9.66. The first-order valence-electron chi connectivity index (χ1n) is 9.74. The largest absolute Gasteiger partial charge is 0.497 e. The quantitative estimate of drug-likeness (QED) is 0.241. The fourth-order valence-electron chi connectivity index (χ4n) is 2.98. The van der Waals surface area contributed by atoms with E-state index in [0.717, 1.165) is 16.9 Å². The number of benzene rings is 3. The lowest BCUT2D eigenvalue weighted by molar-refractivity contribution is 0.269. The van der Waals surface area contributed by atoms with Crippen LogP contribution in [0.5, 0.6) is 17.2 Å². The molecule has 0 heterocycles. The second-order valence-electron chi connectivity index (χ2n) is 6.69. The number of nitrogens with zero attached hydrogens (tertiary/aromatic N) is 1. The zero-order chi connectivity index (χ0) is 23.1. The number of allylic oxidation sites excluding steroid dienone is 1. The van der Waals surface area contributed by atoms with Crippen LogP contribution in [0.1, 0.15) is 23.6 Å². The minimum atomic E-state index is 0.195. The van der Waals surface area contributed by atoms with Crippen LogP contribution in [0, 0.1) is 11.3 Å². The topological polar surface area (TPSA) is 51.5 Å². The Labute approximate surface area is 202 Å². The summed E-state index contributed by atoms with van der Waals surface area (Å²) in [6.45, 7) is 2.49. The molecule has 0 radical (unpaired) electrons. The van der Waals surface area contributed by atoms with E-state index in [0.29, 0.717) is 44.3 Å². The van der Waals surface area contributed by atoms with E-state index >= 15 is 0 Å². The third-order valence-corrected chi connectivity index (χ3v) is 5.42. The first kappa shape index (κ1) is 23.8. The van der Waals surface area contributed by atoms with Crippen LogP contribution < -0.4 is 14.2 Å². The van der Waals surface area contributed by atoms with Crippen molar-refractivity contribution in [2.24, 2.45) is 0 Å². The van der Waals surface area contributed by atoms with Gasteiger partial charge >= 0.3 is 0 Å². The summed E-state index contributed by atoms with van der Waals surface area (Å²) in [4.78, 5) is 0. The molecule has 0 N–H and O–H groups in total. The molecule has 0 amide bonds. The van der Waals surface area contributed by atoms with Crippen molar-refractivity contribution in [3.63, 3.8) is 0 Å². The number of methoxy groups -OCH3 is 1. The van der Waals surface area contributed by atoms with Crippen molar-refractivity contribution in [3.05, 3.63) is 86.4 Å². The van der Waals surface area contributed by atoms with Gasteiger partial charge in [-0.3, -0.25) is 0 Å². The Morgan fingerprint density at radius 2 is 1.72 bits per heavy atom. The molecule has 3 aromatic rings. The molecule has 4 nitrogen and oxygen atoms in total. The summed E-state index contributed by atoms with van der Waals surface area (Å²) in [6.07, 6.45) is 1.75. The van der Waals surface area contributed by atoms with Crippen LogP contribution in [0.25, 0.3) is 11.6 Å². The minimum Gasteiger partial charge on any atom is -0.497 e. The molecule has 0 atom stereocenters. The van der Waals surface area contributed by atoms with Crippen molar-refractivity contribution in [3.8, 4) is 23.3 Å². The molecule has 0 bridgehead atoms. The highest BCUT2D eigenvalue weighted by atomic mass is 35.5. The Morgan fingerprint density at radius 3 is 2.34 bits per heavy atom. The van der Waals surface area contributed by atoms with E-state index in [1.54, 1.807) is 55.7 Å². The molecule has 0 aromatic heterocycles. The van der Waals surface area contributed by atoms with Crippen molar-refractivity contribution < 1.29 is 14.2 Å². The highest BCUT2D eigenvalue weighted by Crippen LogP contribution is 2.38. The predicted molar refractivity (Wildman–Crippen MR) is 130 cm³/mol. The molecule has 3 rings (SSSR count). The lowest BCUT2D eigenvalue weighted by Gasteiger charge is -2.15. The van der Waals surface area contributed by atoms with E-state index in [4.69, 9.17) is 49.0 Å². The van der Waals surface area contributed by atoms with Crippen LogP contribution in [-0.2, 0) is 6.61 Å². The summed E-state index contributed by atoms with van der Waals surface area (Å²) in [5.74, 6) is 1.60. The smallest absolute Gasteiger partial charge is 0.180 e. The van der Waals surface area contributed by atoms with E-state index in [9.17, 15) is 5.26 Å². The van der Waals surface area contributed by atoms with Crippen molar-refractivity contribution in [1.29, 1.82) is 5.26 Å². The fourth-order valence-corrected chi connectivity index (χ4v) is 3.72. The van der Waals surface area contributed by atoms with Gasteiger partial charge in [0.25, 0.3) is 0 Å². The van der Waals surface area contributed by atoms with E-state index < -0.39 is 0 Å². The molecule has 7 heteroatoms. The molecule has 0 aliphatic heterocycles. The van der Waals surface area contributed by atoms with Crippen LogP contribution in [0.3, 0.4) is 0 Å². The van der Waals surface area contributed by atoms with Crippen LogP contribution in [-0.4, -0.2) is 13.7 Å². The predicted octanol–water partition coefficient (Wildman–Crippen LogP) is 7.70. The van der Waals surface area contributed by atoms with E-state index in [1.165, 1.54) is 0 Å². The highest BCUT2D eigenvalue weighted by Gasteiger charge is 2.14. The molecule has 32 heavy (non-hydrogen) atoms. The van der Waals surface area contributed by atoms with Crippen LogP contribution in [0.4, 0.5) is 0 Å². The van der Waals surface area contributed by atoms with Crippen LogP contribution in [0.15, 0.2) is 54.6 Å². The van der Waals surface area contributed by atoms with Gasteiger partial charge in [-0.2, -0.15) is 5.26 Å². The first-order valence-corrected chi connectivity index (χ1v) is 10.9. The Balaban J connectivity index is 1.91. The van der Waals surface area contributed by atoms with Crippen molar-refractivity contribution in [1.82, 2.24) is 0 Å². The van der Waals surface area contributed by atoms with Gasteiger partial charge < -0.3 is 14.2 Å². The summed E-state index contributed by atoms with van der Waals surface area (Å²) in [7, 11) is 1.60. The molecule has 0 fully saturated rings. The SMILES string of the molecule is CCOc1cc(/C=C(\C#N)c2ccc(OC)cc2)cc(Cl)c1OCc1ccc(Cl)cc1Cl. The average Bonchev–Trinajstić information content (AvgIpc) is 2.78. The Hall–Kier alpha value is -2.84. The standard InChI is InChI=1S/C25H20Cl3NO3/c1-3-31-24-12-16(10-19(14-29)17-5-8-21(30-2)9-6-17)11-23(28)25(24)32-15-18-4-7-20(26)13-22(18)27/h4-13H,3,15H2,1-2H3/b19-10+.